The molecule has 102 valence electrons. The number of halogens is 1. The molecule has 0 aromatic heterocycles. The van der Waals surface area contributed by atoms with Gasteiger partial charge in [0.25, 0.3) is 0 Å². The molecule has 1 aromatic rings. The standard InChI is InChI=1S/C14H22FNOS/c1-10(7-8-18-4)16(3)14-6-5-12(11(2)17)9-13(14)15/h5-6,9-11,17H,7-8H2,1-4H3. The quantitative estimate of drug-likeness (QED) is 0.857. The van der Waals surface area contributed by atoms with Crippen LogP contribution < -0.4 is 4.90 Å². The maximum atomic E-state index is 14.0. The fourth-order valence-corrected chi connectivity index (χ4v) is 2.37. The van der Waals surface area contributed by atoms with E-state index in [0.717, 1.165) is 12.2 Å². The second-order valence-corrected chi connectivity index (χ2v) is 5.61. The van der Waals surface area contributed by atoms with Gasteiger partial charge in [-0.1, -0.05) is 6.07 Å². The minimum Gasteiger partial charge on any atom is -0.389 e. The maximum Gasteiger partial charge on any atom is 0.146 e. The Balaban J connectivity index is 2.82. The van der Waals surface area contributed by atoms with Gasteiger partial charge in [-0.2, -0.15) is 11.8 Å². The van der Waals surface area contributed by atoms with E-state index in [4.69, 9.17) is 0 Å². The summed E-state index contributed by atoms with van der Waals surface area (Å²) in [5.41, 5.74) is 1.20. The second-order valence-electron chi connectivity index (χ2n) is 4.63. The van der Waals surface area contributed by atoms with Crippen molar-refractivity contribution < 1.29 is 9.50 Å². The molecule has 4 heteroatoms. The average molecular weight is 271 g/mol. The van der Waals surface area contributed by atoms with Crippen molar-refractivity contribution in [3.05, 3.63) is 29.6 Å². The van der Waals surface area contributed by atoms with Crippen LogP contribution in [0.4, 0.5) is 10.1 Å². The highest BCUT2D eigenvalue weighted by Crippen LogP contribution is 2.24. The van der Waals surface area contributed by atoms with Crippen molar-refractivity contribution in [2.45, 2.75) is 32.4 Å². The SMILES string of the molecule is CSCCC(C)N(C)c1ccc(C(C)O)cc1F. The van der Waals surface area contributed by atoms with E-state index in [0.29, 0.717) is 17.3 Å². The lowest BCUT2D eigenvalue weighted by atomic mass is 10.1. The summed E-state index contributed by atoms with van der Waals surface area (Å²) in [4.78, 5) is 1.96. The third-order valence-electron chi connectivity index (χ3n) is 3.24. The van der Waals surface area contributed by atoms with Crippen molar-refractivity contribution in [1.29, 1.82) is 0 Å². The van der Waals surface area contributed by atoms with Crippen LogP contribution in [0.5, 0.6) is 0 Å². The molecule has 0 spiro atoms. The largest absolute Gasteiger partial charge is 0.389 e. The molecule has 0 bridgehead atoms. The summed E-state index contributed by atoms with van der Waals surface area (Å²) in [7, 11) is 1.91. The molecule has 0 aliphatic rings. The lowest BCUT2D eigenvalue weighted by Gasteiger charge is -2.27. The van der Waals surface area contributed by atoms with Gasteiger partial charge in [0.15, 0.2) is 0 Å². The molecule has 0 saturated carbocycles. The van der Waals surface area contributed by atoms with Gasteiger partial charge in [-0.3, -0.25) is 0 Å². The number of aliphatic hydroxyl groups is 1. The summed E-state index contributed by atoms with van der Waals surface area (Å²) in [5.74, 6) is 0.797. The van der Waals surface area contributed by atoms with E-state index in [1.54, 1.807) is 30.8 Å². The summed E-state index contributed by atoms with van der Waals surface area (Å²) in [5, 5.41) is 9.42. The van der Waals surface area contributed by atoms with Gasteiger partial charge >= 0.3 is 0 Å². The van der Waals surface area contributed by atoms with Gasteiger partial charge in [-0.25, -0.2) is 4.39 Å². The monoisotopic (exact) mass is 271 g/mol. The third-order valence-corrected chi connectivity index (χ3v) is 3.88. The molecular formula is C14H22FNOS. The summed E-state index contributed by atoms with van der Waals surface area (Å²) >= 11 is 1.80. The molecule has 0 fully saturated rings. The van der Waals surface area contributed by atoms with E-state index >= 15 is 0 Å². The van der Waals surface area contributed by atoms with Crippen molar-refractivity contribution in [3.8, 4) is 0 Å². The van der Waals surface area contributed by atoms with Crippen molar-refractivity contribution >= 4 is 17.4 Å². The minimum atomic E-state index is -0.632. The van der Waals surface area contributed by atoms with Crippen LogP contribution in [0.25, 0.3) is 0 Å². The lowest BCUT2D eigenvalue weighted by molar-refractivity contribution is 0.199. The molecular weight excluding hydrogens is 249 g/mol. The highest BCUT2D eigenvalue weighted by atomic mass is 32.2. The predicted octanol–water partition coefficient (Wildman–Crippen LogP) is 3.46. The molecule has 0 aliphatic heterocycles. The smallest absolute Gasteiger partial charge is 0.146 e. The summed E-state index contributed by atoms with van der Waals surface area (Å²) in [6.07, 6.45) is 2.47. The molecule has 2 unspecified atom stereocenters. The van der Waals surface area contributed by atoms with E-state index in [9.17, 15) is 9.50 Å². The molecule has 18 heavy (non-hydrogen) atoms. The number of nitrogens with zero attached hydrogens (tertiary/aromatic N) is 1. The summed E-state index contributed by atoms with van der Waals surface area (Å²) < 4.78 is 14.0. The third kappa shape index (κ3) is 3.89. The number of hydrogen-bond donors (Lipinski definition) is 1. The molecule has 0 radical (unpaired) electrons. The predicted molar refractivity (Wildman–Crippen MR) is 77.9 cm³/mol. The van der Waals surface area contributed by atoms with E-state index in [2.05, 4.69) is 13.2 Å². The highest BCUT2D eigenvalue weighted by molar-refractivity contribution is 7.98. The van der Waals surface area contributed by atoms with Gasteiger partial charge in [0, 0.05) is 13.1 Å². The topological polar surface area (TPSA) is 23.5 Å². The molecule has 2 atom stereocenters. The molecule has 0 heterocycles. The van der Waals surface area contributed by atoms with Crippen LogP contribution in [-0.4, -0.2) is 30.2 Å². The molecule has 0 aliphatic carbocycles. The summed E-state index contributed by atoms with van der Waals surface area (Å²) in [6, 6.07) is 5.23. The zero-order valence-electron chi connectivity index (χ0n) is 11.5. The van der Waals surface area contributed by atoms with Crippen LogP contribution >= 0.6 is 11.8 Å². The van der Waals surface area contributed by atoms with Gasteiger partial charge in [-0.15, -0.1) is 0 Å². The Hall–Kier alpha value is -0.740. The van der Waals surface area contributed by atoms with Crippen LogP contribution in [-0.2, 0) is 0 Å². The zero-order chi connectivity index (χ0) is 13.7. The number of aliphatic hydroxyl groups excluding tert-OH is 1. The molecule has 0 amide bonds. The first-order chi connectivity index (χ1) is 8.47. The van der Waals surface area contributed by atoms with E-state index in [-0.39, 0.29) is 5.82 Å². The maximum absolute atomic E-state index is 14.0. The molecule has 1 N–H and O–H groups in total. The van der Waals surface area contributed by atoms with E-state index in [1.807, 2.05) is 11.9 Å². The van der Waals surface area contributed by atoms with Crippen LogP contribution in [0.3, 0.4) is 0 Å². The first kappa shape index (κ1) is 15.3. The molecule has 1 rings (SSSR count). The van der Waals surface area contributed by atoms with Gasteiger partial charge in [0.05, 0.1) is 11.8 Å². The Kier molecular flexibility index (Phi) is 5.96. The Labute approximate surface area is 113 Å². The van der Waals surface area contributed by atoms with Gasteiger partial charge in [0.1, 0.15) is 5.82 Å². The lowest BCUT2D eigenvalue weighted by Crippen LogP contribution is -2.30. The van der Waals surface area contributed by atoms with Crippen molar-refractivity contribution in [3.63, 3.8) is 0 Å². The van der Waals surface area contributed by atoms with Crippen molar-refractivity contribution in [1.82, 2.24) is 0 Å². The van der Waals surface area contributed by atoms with E-state index in [1.165, 1.54) is 6.07 Å². The van der Waals surface area contributed by atoms with Gasteiger partial charge < -0.3 is 10.0 Å². The average Bonchev–Trinajstić information content (AvgIpc) is 2.34. The first-order valence-electron chi connectivity index (χ1n) is 6.16. The van der Waals surface area contributed by atoms with Crippen LogP contribution in [0, 0.1) is 5.82 Å². The van der Waals surface area contributed by atoms with Gasteiger partial charge in [0.2, 0.25) is 0 Å². The number of thioether (sulfide) groups is 1. The zero-order valence-corrected chi connectivity index (χ0v) is 12.3. The van der Waals surface area contributed by atoms with Crippen LogP contribution in [0.15, 0.2) is 18.2 Å². The molecule has 2 nitrogen and oxygen atoms in total. The number of anilines is 1. The van der Waals surface area contributed by atoms with Gasteiger partial charge in [-0.05, 0) is 50.0 Å². The number of benzene rings is 1. The van der Waals surface area contributed by atoms with E-state index < -0.39 is 6.10 Å². The molecule has 0 saturated heterocycles. The number of rotatable bonds is 6. The Bertz CT molecular complexity index is 384. The normalized spacial score (nSPS) is 14.3. The van der Waals surface area contributed by atoms with Crippen molar-refractivity contribution in [2.75, 3.05) is 24.0 Å². The Morgan fingerprint density at radius 3 is 2.56 bits per heavy atom. The van der Waals surface area contributed by atoms with Crippen LogP contribution in [0.2, 0.25) is 0 Å². The number of hydrogen-bond acceptors (Lipinski definition) is 3. The molecule has 1 aromatic carbocycles. The summed E-state index contributed by atoms with van der Waals surface area (Å²) in [6.45, 7) is 3.73. The first-order valence-corrected chi connectivity index (χ1v) is 7.56. The fraction of sp³-hybridized carbons (Fsp3) is 0.571. The Morgan fingerprint density at radius 2 is 2.06 bits per heavy atom. The fourth-order valence-electron chi connectivity index (χ4n) is 1.79. The van der Waals surface area contributed by atoms with Crippen molar-refractivity contribution in [2.24, 2.45) is 0 Å². The highest BCUT2D eigenvalue weighted by Gasteiger charge is 2.14. The Morgan fingerprint density at radius 1 is 1.39 bits per heavy atom. The van der Waals surface area contributed by atoms with Crippen LogP contribution in [0.1, 0.15) is 31.9 Å². The second kappa shape index (κ2) is 7.00. The minimum absolute atomic E-state index is 0.271.